The molecular weight excluding hydrogens is 238 g/mol. The fourth-order valence-electron chi connectivity index (χ4n) is 1.66. The lowest BCUT2D eigenvalue weighted by Crippen LogP contribution is -1.77. The van der Waals surface area contributed by atoms with Crippen molar-refractivity contribution in [1.82, 2.24) is 4.98 Å². The monoisotopic (exact) mass is 244 g/mol. The van der Waals surface area contributed by atoms with Gasteiger partial charge in [-0.3, -0.25) is 0 Å². The number of nitrogens with zero attached hydrogens (tertiary/aromatic N) is 1. The Morgan fingerprint density at radius 1 is 1.19 bits per heavy atom. The third-order valence-electron chi connectivity index (χ3n) is 2.40. The molecule has 1 nitrogen and oxygen atoms in total. The molecule has 0 amide bonds. The van der Waals surface area contributed by atoms with E-state index in [9.17, 15) is 0 Å². The molecule has 0 fully saturated rings. The van der Waals surface area contributed by atoms with Crippen LogP contribution in [0.3, 0.4) is 0 Å². The van der Waals surface area contributed by atoms with Gasteiger partial charge in [0.25, 0.3) is 0 Å². The average Bonchev–Trinajstić information content (AvgIpc) is 2.73. The third-order valence-corrected chi connectivity index (χ3v) is 3.47. The van der Waals surface area contributed by atoms with E-state index in [-0.39, 0.29) is 0 Å². The molecule has 1 aromatic carbocycles. The van der Waals surface area contributed by atoms with Crippen molar-refractivity contribution in [2.45, 2.75) is 0 Å². The number of benzene rings is 1. The molecule has 3 heteroatoms. The van der Waals surface area contributed by atoms with Gasteiger partial charge in [-0.1, -0.05) is 41.9 Å². The Morgan fingerprint density at radius 3 is 2.81 bits per heavy atom. The van der Waals surface area contributed by atoms with Crippen LogP contribution in [0.4, 0.5) is 0 Å². The summed E-state index contributed by atoms with van der Waals surface area (Å²) < 4.78 is 0. The molecule has 0 aliphatic rings. The molecule has 16 heavy (non-hydrogen) atoms. The Morgan fingerprint density at radius 2 is 2.00 bits per heavy atom. The van der Waals surface area contributed by atoms with E-state index in [1.165, 1.54) is 11.1 Å². The highest BCUT2D eigenvalue weighted by Gasteiger charge is 2.07. The van der Waals surface area contributed by atoms with E-state index in [2.05, 4.69) is 28.6 Å². The minimum atomic E-state index is 0.494. The molecule has 3 rings (SSSR count). The second kappa shape index (κ2) is 3.89. The zero-order chi connectivity index (χ0) is 11.0. The topological polar surface area (TPSA) is 12.9 Å². The summed E-state index contributed by atoms with van der Waals surface area (Å²) in [4.78, 5) is 5.21. The summed E-state index contributed by atoms with van der Waals surface area (Å²) in [5, 5.41) is 3.63. The van der Waals surface area contributed by atoms with Crippen LogP contribution in [0.2, 0.25) is 5.15 Å². The smallest absolute Gasteiger partial charge is 0.131 e. The summed E-state index contributed by atoms with van der Waals surface area (Å²) in [5.41, 5.74) is 2.36. The molecule has 1 radical (unpaired) electrons. The number of hydrogen-bond donors (Lipinski definition) is 0. The molecule has 0 N–H and O–H groups in total. The molecule has 0 unspecified atom stereocenters. The van der Waals surface area contributed by atoms with Gasteiger partial charge in [-0.25, -0.2) is 4.98 Å². The Hall–Kier alpha value is -1.38. The van der Waals surface area contributed by atoms with Crippen LogP contribution in [0.5, 0.6) is 0 Å². The minimum absolute atomic E-state index is 0.494. The molecule has 0 saturated carbocycles. The number of thiophene rings is 1. The first-order valence-electron chi connectivity index (χ1n) is 4.85. The second-order valence-electron chi connectivity index (χ2n) is 3.42. The van der Waals surface area contributed by atoms with Gasteiger partial charge in [0, 0.05) is 16.3 Å². The average molecular weight is 245 g/mol. The van der Waals surface area contributed by atoms with Crippen LogP contribution in [0.25, 0.3) is 21.3 Å². The Kier molecular flexibility index (Phi) is 2.39. The van der Waals surface area contributed by atoms with Gasteiger partial charge in [0.05, 0.1) is 0 Å². The normalized spacial score (nSPS) is 10.8. The van der Waals surface area contributed by atoms with Crippen molar-refractivity contribution in [2.24, 2.45) is 0 Å². The quantitative estimate of drug-likeness (QED) is 0.578. The van der Waals surface area contributed by atoms with Crippen LogP contribution < -0.4 is 0 Å². The van der Waals surface area contributed by atoms with Crippen molar-refractivity contribution < 1.29 is 0 Å². The first kappa shape index (κ1) is 9.82. The zero-order valence-corrected chi connectivity index (χ0v) is 9.85. The van der Waals surface area contributed by atoms with Gasteiger partial charge in [0.15, 0.2) is 0 Å². The van der Waals surface area contributed by atoms with Crippen LogP contribution in [-0.2, 0) is 0 Å². The molecule has 0 saturated heterocycles. The van der Waals surface area contributed by atoms with E-state index in [1.54, 1.807) is 17.4 Å². The van der Waals surface area contributed by atoms with E-state index in [4.69, 9.17) is 11.6 Å². The number of aromatic nitrogens is 1. The SMILES string of the molecule is Clc1c[c]c2c(-c3ccccc3)csc2n1. The lowest BCUT2D eigenvalue weighted by Gasteiger charge is -1.98. The molecule has 77 valence electrons. The third kappa shape index (κ3) is 1.60. The summed E-state index contributed by atoms with van der Waals surface area (Å²) >= 11 is 7.43. The van der Waals surface area contributed by atoms with Crippen LogP contribution in [-0.4, -0.2) is 4.98 Å². The fourth-order valence-corrected chi connectivity index (χ4v) is 2.77. The minimum Gasteiger partial charge on any atom is -0.225 e. The maximum absolute atomic E-state index is 5.84. The van der Waals surface area contributed by atoms with Gasteiger partial charge in [-0.05, 0) is 17.7 Å². The number of rotatable bonds is 1. The maximum atomic E-state index is 5.84. The van der Waals surface area contributed by atoms with E-state index >= 15 is 0 Å². The van der Waals surface area contributed by atoms with Crippen LogP contribution in [0.1, 0.15) is 0 Å². The van der Waals surface area contributed by atoms with Gasteiger partial charge >= 0.3 is 0 Å². The highest BCUT2D eigenvalue weighted by Crippen LogP contribution is 2.32. The first-order valence-corrected chi connectivity index (χ1v) is 6.11. The van der Waals surface area contributed by atoms with Gasteiger partial charge in [0.2, 0.25) is 0 Å². The zero-order valence-electron chi connectivity index (χ0n) is 8.27. The van der Waals surface area contributed by atoms with Gasteiger partial charge in [-0.15, -0.1) is 11.3 Å². The molecule has 0 atom stereocenters. The van der Waals surface area contributed by atoms with Crippen molar-refractivity contribution >= 4 is 33.2 Å². The van der Waals surface area contributed by atoms with E-state index in [0.717, 1.165) is 10.2 Å². The molecule has 0 aliphatic heterocycles. The number of halogens is 1. The number of fused-ring (bicyclic) bond motifs is 1. The largest absolute Gasteiger partial charge is 0.225 e. The first-order chi connectivity index (χ1) is 7.84. The lowest BCUT2D eigenvalue weighted by atomic mass is 10.1. The predicted molar refractivity (Wildman–Crippen MR) is 68.9 cm³/mol. The van der Waals surface area contributed by atoms with Crippen molar-refractivity contribution in [3.05, 3.63) is 53.0 Å². The summed E-state index contributed by atoms with van der Waals surface area (Å²) in [6.45, 7) is 0. The van der Waals surface area contributed by atoms with Crippen LogP contribution in [0, 0.1) is 6.07 Å². The van der Waals surface area contributed by atoms with Crippen molar-refractivity contribution in [3.63, 3.8) is 0 Å². The van der Waals surface area contributed by atoms with E-state index in [1.807, 2.05) is 18.2 Å². The molecule has 0 bridgehead atoms. The summed E-state index contributed by atoms with van der Waals surface area (Å²) in [7, 11) is 0. The van der Waals surface area contributed by atoms with Crippen molar-refractivity contribution in [2.75, 3.05) is 0 Å². The molecule has 0 aliphatic carbocycles. The summed E-state index contributed by atoms with van der Waals surface area (Å²) in [6.07, 6.45) is 0. The molecular formula is C13H7ClNS. The Balaban J connectivity index is 2.26. The highest BCUT2D eigenvalue weighted by atomic mass is 35.5. The number of hydrogen-bond acceptors (Lipinski definition) is 2. The lowest BCUT2D eigenvalue weighted by molar-refractivity contribution is 1.44. The van der Waals surface area contributed by atoms with Gasteiger partial charge < -0.3 is 0 Å². The molecule has 2 aromatic heterocycles. The van der Waals surface area contributed by atoms with Crippen molar-refractivity contribution in [1.29, 1.82) is 0 Å². The Labute approximate surface area is 102 Å². The van der Waals surface area contributed by atoms with Crippen molar-refractivity contribution in [3.8, 4) is 11.1 Å². The highest BCUT2D eigenvalue weighted by molar-refractivity contribution is 7.17. The van der Waals surface area contributed by atoms with E-state index in [0.29, 0.717) is 5.15 Å². The summed E-state index contributed by atoms with van der Waals surface area (Å²) in [6, 6.07) is 15.1. The fraction of sp³-hybridized carbons (Fsp3) is 0. The van der Waals surface area contributed by atoms with Crippen LogP contribution >= 0.6 is 22.9 Å². The summed E-state index contributed by atoms with van der Waals surface area (Å²) in [5.74, 6) is 0. The second-order valence-corrected chi connectivity index (χ2v) is 4.66. The maximum Gasteiger partial charge on any atom is 0.131 e. The molecule has 2 heterocycles. The predicted octanol–water partition coefficient (Wildman–Crippen LogP) is 4.42. The van der Waals surface area contributed by atoms with E-state index < -0.39 is 0 Å². The van der Waals surface area contributed by atoms with Crippen LogP contribution in [0.15, 0.2) is 41.8 Å². The molecule has 3 aromatic rings. The number of pyridine rings is 1. The Bertz CT molecular complexity index is 631. The van der Waals surface area contributed by atoms with Gasteiger partial charge in [0.1, 0.15) is 9.98 Å². The van der Waals surface area contributed by atoms with Gasteiger partial charge in [-0.2, -0.15) is 0 Å². The standard InChI is InChI=1S/C13H7ClNS/c14-12-7-6-10-11(8-16-13(10)15-12)9-4-2-1-3-5-9/h1-5,7-8H. The molecule has 0 spiro atoms.